The van der Waals surface area contributed by atoms with Crippen LogP contribution in [0.3, 0.4) is 0 Å². The highest BCUT2D eigenvalue weighted by Crippen LogP contribution is 2.18. The van der Waals surface area contributed by atoms with Gasteiger partial charge >= 0.3 is 5.69 Å². The molecule has 0 radical (unpaired) electrons. The van der Waals surface area contributed by atoms with Crippen LogP contribution in [0.2, 0.25) is 0 Å². The minimum Gasteiger partial charge on any atom is -0.493 e. The number of aromatic nitrogens is 2. The summed E-state index contributed by atoms with van der Waals surface area (Å²) < 4.78 is 1.28. The number of non-ortho nitro benzene ring substituents is 1. The van der Waals surface area contributed by atoms with E-state index >= 15 is 0 Å². The fraction of sp³-hybridized carbons (Fsp3) is 0.167. The Bertz CT molecular complexity index is 927. The van der Waals surface area contributed by atoms with Gasteiger partial charge in [0.1, 0.15) is 0 Å². The van der Waals surface area contributed by atoms with Crippen LogP contribution < -0.4 is 5.69 Å². The van der Waals surface area contributed by atoms with E-state index in [1.807, 2.05) is 30.3 Å². The van der Waals surface area contributed by atoms with Gasteiger partial charge < -0.3 is 10.1 Å². The molecule has 2 aromatic carbocycles. The van der Waals surface area contributed by atoms with Crippen LogP contribution in [0.25, 0.3) is 0 Å². The molecule has 3 rings (SSSR count). The smallest absolute Gasteiger partial charge is 0.328 e. The van der Waals surface area contributed by atoms with Crippen molar-refractivity contribution >= 4 is 5.69 Å². The first-order chi connectivity index (χ1) is 12.0. The summed E-state index contributed by atoms with van der Waals surface area (Å²) >= 11 is 0. The van der Waals surface area contributed by atoms with Gasteiger partial charge in [0.15, 0.2) is 0 Å². The maximum atomic E-state index is 12.1. The Morgan fingerprint density at radius 3 is 2.36 bits per heavy atom. The third-order valence-corrected chi connectivity index (χ3v) is 4.02. The largest absolute Gasteiger partial charge is 0.493 e. The van der Waals surface area contributed by atoms with Crippen molar-refractivity contribution in [2.24, 2.45) is 0 Å². The van der Waals surface area contributed by atoms with E-state index in [4.69, 9.17) is 0 Å². The average Bonchev–Trinajstić information content (AvgIpc) is 2.88. The Balaban J connectivity index is 1.72. The normalized spacial score (nSPS) is 10.7. The predicted octanol–water partition coefficient (Wildman–Crippen LogP) is 2.62. The fourth-order valence-corrected chi connectivity index (χ4v) is 2.67. The molecule has 0 saturated carbocycles. The number of aryl methyl sites for hydroxylation is 1. The minimum absolute atomic E-state index is 0.0237. The first kappa shape index (κ1) is 16.5. The number of aromatic hydroxyl groups is 1. The summed E-state index contributed by atoms with van der Waals surface area (Å²) in [6.45, 7) is 0.285. The van der Waals surface area contributed by atoms with Gasteiger partial charge in [-0.2, -0.15) is 0 Å². The summed E-state index contributed by atoms with van der Waals surface area (Å²) in [4.78, 5) is 25.0. The first-order valence-corrected chi connectivity index (χ1v) is 7.82. The van der Waals surface area contributed by atoms with Crippen molar-refractivity contribution in [3.8, 4) is 5.88 Å². The molecule has 128 valence electrons. The van der Waals surface area contributed by atoms with E-state index in [1.165, 1.54) is 16.7 Å². The Labute approximate surface area is 143 Å². The van der Waals surface area contributed by atoms with E-state index in [-0.39, 0.29) is 23.8 Å². The molecule has 0 spiro atoms. The summed E-state index contributed by atoms with van der Waals surface area (Å²) in [5.74, 6) is -0.0734. The summed E-state index contributed by atoms with van der Waals surface area (Å²) in [7, 11) is 0. The SMILES string of the molecule is O=c1[nH]c(Cc2ccccc2)c(O)n1CCc1ccc([N+](=O)[O-])cc1. The van der Waals surface area contributed by atoms with Gasteiger partial charge in [-0.25, -0.2) is 4.79 Å². The molecule has 0 bridgehead atoms. The molecule has 0 aliphatic carbocycles. The van der Waals surface area contributed by atoms with E-state index in [0.29, 0.717) is 18.5 Å². The molecule has 7 heteroatoms. The summed E-state index contributed by atoms with van der Waals surface area (Å²) in [5.41, 5.74) is 1.96. The Morgan fingerprint density at radius 2 is 1.72 bits per heavy atom. The Morgan fingerprint density at radius 1 is 1.04 bits per heavy atom. The zero-order valence-electron chi connectivity index (χ0n) is 13.4. The van der Waals surface area contributed by atoms with Crippen LogP contribution in [0.15, 0.2) is 59.4 Å². The molecule has 7 nitrogen and oxygen atoms in total. The number of nitrogens with one attached hydrogen (secondary N) is 1. The third-order valence-electron chi connectivity index (χ3n) is 4.02. The number of rotatable bonds is 6. The zero-order valence-corrected chi connectivity index (χ0v) is 13.4. The number of H-pyrrole nitrogens is 1. The molecule has 0 amide bonds. The second-order valence-corrected chi connectivity index (χ2v) is 5.72. The number of nitrogens with zero attached hydrogens (tertiary/aromatic N) is 2. The third kappa shape index (κ3) is 3.77. The molecule has 0 aliphatic heterocycles. The maximum Gasteiger partial charge on any atom is 0.328 e. The van der Waals surface area contributed by atoms with Gasteiger partial charge in [-0.1, -0.05) is 42.5 Å². The van der Waals surface area contributed by atoms with Crippen LogP contribution in [-0.2, 0) is 19.4 Å². The van der Waals surface area contributed by atoms with Gasteiger partial charge in [0.05, 0.1) is 10.6 Å². The number of nitro groups is 1. The number of imidazole rings is 1. The van der Waals surface area contributed by atoms with Gasteiger partial charge in [0.25, 0.3) is 5.69 Å². The highest BCUT2D eigenvalue weighted by molar-refractivity contribution is 5.33. The van der Waals surface area contributed by atoms with Crippen molar-refractivity contribution in [3.63, 3.8) is 0 Å². The van der Waals surface area contributed by atoms with Crippen molar-refractivity contribution in [1.29, 1.82) is 0 Å². The highest BCUT2D eigenvalue weighted by atomic mass is 16.6. The maximum absolute atomic E-state index is 12.1. The van der Waals surface area contributed by atoms with E-state index in [0.717, 1.165) is 11.1 Å². The van der Waals surface area contributed by atoms with E-state index < -0.39 is 4.92 Å². The first-order valence-electron chi connectivity index (χ1n) is 7.82. The van der Waals surface area contributed by atoms with Crippen molar-refractivity contribution in [2.45, 2.75) is 19.4 Å². The van der Waals surface area contributed by atoms with Gasteiger partial charge in [0.2, 0.25) is 5.88 Å². The molecule has 0 saturated heterocycles. The Hall–Kier alpha value is -3.35. The second kappa shape index (κ2) is 7.04. The predicted molar refractivity (Wildman–Crippen MR) is 92.8 cm³/mol. The minimum atomic E-state index is -0.456. The lowest BCUT2D eigenvalue weighted by Gasteiger charge is -2.05. The molecule has 0 fully saturated rings. The molecule has 1 heterocycles. The van der Waals surface area contributed by atoms with Crippen LogP contribution in [0.1, 0.15) is 16.8 Å². The van der Waals surface area contributed by atoms with Crippen LogP contribution >= 0.6 is 0 Å². The molecule has 0 aliphatic rings. The van der Waals surface area contributed by atoms with Crippen molar-refractivity contribution in [2.75, 3.05) is 0 Å². The monoisotopic (exact) mass is 339 g/mol. The highest BCUT2D eigenvalue weighted by Gasteiger charge is 2.13. The molecule has 3 aromatic rings. The number of aromatic amines is 1. The molecule has 0 atom stereocenters. The summed E-state index contributed by atoms with van der Waals surface area (Å²) in [5, 5.41) is 21.0. The lowest BCUT2D eigenvalue weighted by atomic mass is 10.1. The lowest BCUT2D eigenvalue weighted by Crippen LogP contribution is -2.17. The molecule has 25 heavy (non-hydrogen) atoms. The summed E-state index contributed by atoms with van der Waals surface area (Å²) in [6, 6.07) is 15.7. The van der Waals surface area contributed by atoms with E-state index in [2.05, 4.69) is 4.98 Å². The van der Waals surface area contributed by atoms with Crippen molar-refractivity contribution in [3.05, 3.63) is 92.0 Å². The molecular formula is C18H17N3O4. The number of benzene rings is 2. The molecule has 1 aromatic heterocycles. The van der Waals surface area contributed by atoms with E-state index in [9.17, 15) is 20.0 Å². The number of hydrogen-bond donors (Lipinski definition) is 2. The van der Waals surface area contributed by atoms with E-state index in [1.54, 1.807) is 12.1 Å². The lowest BCUT2D eigenvalue weighted by molar-refractivity contribution is -0.384. The van der Waals surface area contributed by atoms with Crippen LogP contribution in [0.4, 0.5) is 5.69 Å². The average molecular weight is 339 g/mol. The number of nitro benzene ring substituents is 1. The molecular weight excluding hydrogens is 322 g/mol. The van der Waals surface area contributed by atoms with Crippen molar-refractivity contribution < 1.29 is 10.0 Å². The second-order valence-electron chi connectivity index (χ2n) is 5.72. The van der Waals surface area contributed by atoms with Crippen LogP contribution in [0.5, 0.6) is 5.88 Å². The van der Waals surface area contributed by atoms with Gasteiger partial charge in [0, 0.05) is 25.1 Å². The topological polar surface area (TPSA) is 101 Å². The summed E-state index contributed by atoms with van der Waals surface area (Å²) in [6.07, 6.45) is 0.917. The molecule has 2 N–H and O–H groups in total. The Kier molecular flexibility index (Phi) is 4.65. The zero-order chi connectivity index (χ0) is 17.8. The standard InChI is InChI=1S/C18H17N3O4/c22-17-16(12-14-4-2-1-3-5-14)19-18(23)20(17)11-10-13-6-8-15(9-7-13)21(24)25/h1-9,22H,10-12H2,(H,19,23). The number of hydrogen-bond acceptors (Lipinski definition) is 4. The van der Waals surface area contributed by atoms with Gasteiger partial charge in [-0.3, -0.25) is 14.7 Å². The van der Waals surface area contributed by atoms with Gasteiger partial charge in [-0.15, -0.1) is 0 Å². The van der Waals surface area contributed by atoms with Crippen molar-refractivity contribution in [1.82, 2.24) is 9.55 Å². The quantitative estimate of drug-likeness (QED) is 0.532. The molecule has 0 unspecified atom stereocenters. The van der Waals surface area contributed by atoms with Crippen LogP contribution in [0, 0.1) is 10.1 Å². The van der Waals surface area contributed by atoms with Crippen LogP contribution in [-0.4, -0.2) is 19.6 Å². The van der Waals surface area contributed by atoms with Gasteiger partial charge in [-0.05, 0) is 17.5 Å². The fourth-order valence-electron chi connectivity index (χ4n) is 2.67.